The highest BCUT2D eigenvalue weighted by Gasteiger charge is 2.21. The molecular formula is C20H26N4O. The molecule has 132 valence electrons. The number of nitrogens with zero attached hydrogens (tertiary/aromatic N) is 2. The van der Waals surface area contributed by atoms with Gasteiger partial charge in [0.25, 0.3) is 0 Å². The van der Waals surface area contributed by atoms with Crippen LogP contribution in [0, 0.1) is 0 Å². The Kier molecular flexibility index (Phi) is 5.68. The molecule has 1 aliphatic heterocycles. The van der Waals surface area contributed by atoms with Crippen molar-refractivity contribution >= 4 is 11.6 Å². The van der Waals surface area contributed by atoms with Crippen LogP contribution in [0.15, 0.2) is 54.6 Å². The smallest absolute Gasteiger partial charge is 0.219 e. The number of hydrogen-bond acceptors (Lipinski definition) is 4. The van der Waals surface area contributed by atoms with E-state index < -0.39 is 0 Å². The minimum Gasteiger partial charge on any atom is -0.370 e. The Morgan fingerprint density at radius 3 is 2.28 bits per heavy atom. The van der Waals surface area contributed by atoms with E-state index in [9.17, 15) is 4.79 Å². The second-order valence-corrected chi connectivity index (χ2v) is 6.58. The summed E-state index contributed by atoms with van der Waals surface area (Å²) in [6.07, 6.45) is 0.172. The number of piperazine rings is 1. The highest BCUT2D eigenvalue weighted by atomic mass is 16.1. The van der Waals surface area contributed by atoms with Crippen molar-refractivity contribution in [2.75, 3.05) is 31.1 Å². The summed E-state index contributed by atoms with van der Waals surface area (Å²) in [5.41, 5.74) is 15.0. The van der Waals surface area contributed by atoms with Crippen molar-refractivity contribution in [3.05, 3.63) is 65.7 Å². The molecule has 0 spiro atoms. The van der Waals surface area contributed by atoms with Crippen LogP contribution < -0.4 is 16.4 Å². The second kappa shape index (κ2) is 8.14. The van der Waals surface area contributed by atoms with Crippen molar-refractivity contribution in [1.29, 1.82) is 0 Å². The fourth-order valence-corrected chi connectivity index (χ4v) is 3.40. The summed E-state index contributed by atoms with van der Waals surface area (Å²) in [6, 6.07) is 18.3. The predicted octanol–water partition coefficient (Wildman–Crippen LogP) is 1.88. The van der Waals surface area contributed by atoms with Crippen LogP contribution in [0.25, 0.3) is 0 Å². The molecule has 1 heterocycles. The average Bonchev–Trinajstić information content (AvgIpc) is 2.63. The van der Waals surface area contributed by atoms with Crippen molar-refractivity contribution in [1.82, 2.24) is 4.90 Å². The fraction of sp³-hybridized carbons (Fsp3) is 0.350. The van der Waals surface area contributed by atoms with Crippen LogP contribution in [0.1, 0.15) is 23.6 Å². The highest BCUT2D eigenvalue weighted by molar-refractivity contribution is 5.75. The Morgan fingerprint density at radius 2 is 1.60 bits per heavy atom. The van der Waals surface area contributed by atoms with E-state index in [2.05, 4.69) is 40.1 Å². The number of hydrogen-bond donors (Lipinski definition) is 2. The number of carbonyl (C=O) groups is 1. The van der Waals surface area contributed by atoms with Gasteiger partial charge < -0.3 is 16.4 Å². The molecule has 0 aromatic heterocycles. The molecule has 4 N–H and O–H groups in total. The molecule has 0 radical (unpaired) electrons. The van der Waals surface area contributed by atoms with Gasteiger partial charge in [-0.1, -0.05) is 48.5 Å². The van der Waals surface area contributed by atoms with Gasteiger partial charge in [-0.25, -0.2) is 0 Å². The summed E-state index contributed by atoms with van der Waals surface area (Å²) in [6.45, 7) is 4.90. The minimum atomic E-state index is -0.366. The Hall–Kier alpha value is -2.37. The van der Waals surface area contributed by atoms with E-state index in [4.69, 9.17) is 11.5 Å². The summed E-state index contributed by atoms with van der Waals surface area (Å²) in [7, 11) is 0. The van der Waals surface area contributed by atoms with Gasteiger partial charge in [0, 0.05) is 50.9 Å². The first-order valence-electron chi connectivity index (χ1n) is 8.77. The number of para-hydroxylation sites is 1. The second-order valence-electron chi connectivity index (χ2n) is 6.58. The standard InChI is InChI=1S/C20H26N4O/c21-18(14-20(22)25)17-8-4-5-9-19(17)24-12-10-23(11-13-24)15-16-6-2-1-3-7-16/h1-9,18H,10-15,21H2,(H2,22,25). The summed E-state index contributed by atoms with van der Waals surface area (Å²) >= 11 is 0. The quantitative estimate of drug-likeness (QED) is 0.843. The number of benzene rings is 2. The zero-order valence-electron chi connectivity index (χ0n) is 14.5. The Balaban J connectivity index is 1.64. The Labute approximate surface area is 149 Å². The molecule has 1 aliphatic rings. The lowest BCUT2D eigenvalue weighted by Gasteiger charge is -2.37. The molecule has 1 atom stereocenters. The van der Waals surface area contributed by atoms with Crippen molar-refractivity contribution < 1.29 is 4.79 Å². The fourth-order valence-electron chi connectivity index (χ4n) is 3.40. The third-order valence-electron chi connectivity index (χ3n) is 4.72. The number of anilines is 1. The van der Waals surface area contributed by atoms with Crippen molar-refractivity contribution in [2.45, 2.75) is 19.0 Å². The van der Waals surface area contributed by atoms with Crippen LogP contribution in [0.5, 0.6) is 0 Å². The molecular weight excluding hydrogens is 312 g/mol. The highest BCUT2D eigenvalue weighted by Crippen LogP contribution is 2.27. The molecule has 1 unspecified atom stereocenters. The summed E-state index contributed by atoms with van der Waals surface area (Å²) in [4.78, 5) is 16.0. The third kappa shape index (κ3) is 4.59. The molecule has 5 heteroatoms. The lowest BCUT2D eigenvalue weighted by atomic mass is 10.0. The Morgan fingerprint density at radius 1 is 0.960 bits per heavy atom. The first-order chi connectivity index (χ1) is 12.1. The molecule has 0 aliphatic carbocycles. The SMILES string of the molecule is NC(=O)CC(N)c1ccccc1N1CCN(Cc2ccccc2)CC1. The number of carbonyl (C=O) groups excluding carboxylic acids is 1. The number of amides is 1. The maximum Gasteiger partial charge on any atom is 0.219 e. The van der Waals surface area contributed by atoms with E-state index in [1.807, 2.05) is 24.3 Å². The molecule has 25 heavy (non-hydrogen) atoms. The van der Waals surface area contributed by atoms with E-state index >= 15 is 0 Å². The number of primary amides is 1. The van der Waals surface area contributed by atoms with E-state index in [1.165, 1.54) is 5.56 Å². The van der Waals surface area contributed by atoms with E-state index in [0.29, 0.717) is 0 Å². The Bertz CT molecular complexity index is 696. The van der Waals surface area contributed by atoms with Crippen molar-refractivity contribution in [3.8, 4) is 0 Å². The molecule has 3 rings (SSSR count). The van der Waals surface area contributed by atoms with Gasteiger partial charge in [-0.2, -0.15) is 0 Å². The summed E-state index contributed by atoms with van der Waals surface area (Å²) in [5, 5.41) is 0. The van der Waals surface area contributed by atoms with Gasteiger partial charge in [0.1, 0.15) is 0 Å². The van der Waals surface area contributed by atoms with Crippen LogP contribution in [-0.2, 0) is 11.3 Å². The summed E-state index contributed by atoms with van der Waals surface area (Å²) in [5.74, 6) is -0.366. The van der Waals surface area contributed by atoms with Gasteiger partial charge in [-0.3, -0.25) is 9.69 Å². The molecule has 5 nitrogen and oxygen atoms in total. The molecule has 2 aromatic rings. The number of rotatable bonds is 6. The predicted molar refractivity (Wildman–Crippen MR) is 101 cm³/mol. The van der Waals surface area contributed by atoms with Crippen molar-refractivity contribution in [2.24, 2.45) is 11.5 Å². The molecule has 1 amide bonds. The lowest BCUT2D eigenvalue weighted by Crippen LogP contribution is -2.46. The average molecular weight is 338 g/mol. The molecule has 1 saturated heterocycles. The maximum atomic E-state index is 11.2. The number of nitrogens with two attached hydrogens (primary N) is 2. The van der Waals surface area contributed by atoms with Gasteiger partial charge in [-0.05, 0) is 17.2 Å². The van der Waals surface area contributed by atoms with Crippen LogP contribution >= 0.6 is 0 Å². The lowest BCUT2D eigenvalue weighted by molar-refractivity contribution is -0.118. The molecule has 1 fully saturated rings. The van der Waals surface area contributed by atoms with E-state index in [0.717, 1.165) is 44.0 Å². The maximum absolute atomic E-state index is 11.2. The normalized spacial score (nSPS) is 16.6. The van der Waals surface area contributed by atoms with Crippen LogP contribution in [0.2, 0.25) is 0 Å². The third-order valence-corrected chi connectivity index (χ3v) is 4.72. The minimum absolute atomic E-state index is 0.172. The van der Waals surface area contributed by atoms with Crippen LogP contribution in [-0.4, -0.2) is 37.0 Å². The van der Waals surface area contributed by atoms with Crippen LogP contribution in [0.4, 0.5) is 5.69 Å². The first kappa shape index (κ1) is 17.5. The van der Waals surface area contributed by atoms with Gasteiger partial charge in [0.2, 0.25) is 5.91 Å². The van der Waals surface area contributed by atoms with Gasteiger partial charge >= 0.3 is 0 Å². The van der Waals surface area contributed by atoms with E-state index in [1.54, 1.807) is 0 Å². The zero-order valence-corrected chi connectivity index (χ0v) is 14.5. The molecule has 0 bridgehead atoms. The van der Waals surface area contributed by atoms with Crippen molar-refractivity contribution in [3.63, 3.8) is 0 Å². The molecule has 2 aromatic carbocycles. The zero-order chi connectivity index (χ0) is 17.6. The largest absolute Gasteiger partial charge is 0.370 e. The van der Waals surface area contributed by atoms with E-state index in [-0.39, 0.29) is 18.4 Å². The van der Waals surface area contributed by atoms with Gasteiger partial charge in [0.15, 0.2) is 0 Å². The van der Waals surface area contributed by atoms with Gasteiger partial charge in [-0.15, -0.1) is 0 Å². The monoisotopic (exact) mass is 338 g/mol. The van der Waals surface area contributed by atoms with Gasteiger partial charge in [0.05, 0.1) is 0 Å². The summed E-state index contributed by atoms with van der Waals surface area (Å²) < 4.78 is 0. The van der Waals surface area contributed by atoms with Crippen LogP contribution in [0.3, 0.4) is 0 Å². The molecule has 0 saturated carbocycles. The topological polar surface area (TPSA) is 75.6 Å². The first-order valence-corrected chi connectivity index (χ1v) is 8.77.